The van der Waals surface area contributed by atoms with Gasteiger partial charge >= 0.3 is 0 Å². The summed E-state index contributed by atoms with van der Waals surface area (Å²) in [5.41, 5.74) is 1.44. The average molecular weight is 421 g/mol. The van der Waals surface area contributed by atoms with E-state index >= 15 is 0 Å². The molecule has 0 bridgehead atoms. The molecule has 2 rings (SSSR count). The largest absolute Gasteiger partial charge is 0.354 e. The fraction of sp³-hybridized carbons (Fsp3) is 0.400. The van der Waals surface area contributed by atoms with Crippen LogP contribution in [0, 0.1) is 25.2 Å². The highest BCUT2D eigenvalue weighted by Crippen LogP contribution is 2.30. The van der Waals surface area contributed by atoms with Gasteiger partial charge in [-0.15, -0.1) is 0 Å². The van der Waals surface area contributed by atoms with E-state index in [1.54, 1.807) is 26.0 Å². The van der Waals surface area contributed by atoms with E-state index < -0.39 is 5.56 Å². The number of benzene rings is 1. The highest BCUT2D eigenvalue weighted by Gasteiger charge is 2.17. The Morgan fingerprint density at radius 1 is 1.36 bits per heavy atom. The van der Waals surface area contributed by atoms with Crippen LogP contribution in [0.2, 0.25) is 10.0 Å². The average Bonchev–Trinajstić information content (AvgIpc) is 2.64. The number of aromatic nitrogens is 2. The molecule has 1 amide bonds. The molecule has 0 aliphatic rings. The van der Waals surface area contributed by atoms with Gasteiger partial charge in [0.15, 0.2) is 0 Å². The third-order valence-corrected chi connectivity index (χ3v) is 5.19. The fourth-order valence-electron chi connectivity index (χ4n) is 2.99. The summed E-state index contributed by atoms with van der Waals surface area (Å²) >= 11 is 12.3. The molecule has 1 aromatic heterocycles. The quantitative estimate of drug-likeness (QED) is 0.738. The third-order valence-electron chi connectivity index (χ3n) is 4.63. The first-order valence-corrected chi connectivity index (χ1v) is 9.74. The van der Waals surface area contributed by atoms with Gasteiger partial charge in [-0.05, 0) is 43.5 Å². The fourth-order valence-corrected chi connectivity index (χ4v) is 3.55. The zero-order chi connectivity index (χ0) is 20.8. The molecular formula is C20H22Cl2N4O2. The summed E-state index contributed by atoms with van der Waals surface area (Å²) in [6, 6.07) is 7.21. The van der Waals surface area contributed by atoms with Gasteiger partial charge in [0.05, 0.1) is 5.69 Å². The lowest BCUT2D eigenvalue weighted by Gasteiger charge is -2.19. The maximum absolute atomic E-state index is 12.4. The second-order valence-electron chi connectivity index (χ2n) is 6.62. The number of nitriles is 1. The van der Waals surface area contributed by atoms with Crippen molar-refractivity contribution in [1.29, 1.82) is 5.26 Å². The van der Waals surface area contributed by atoms with E-state index in [4.69, 9.17) is 23.2 Å². The van der Waals surface area contributed by atoms with Gasteiger partial charge < -0.3 is 5.32 Å². The molecule has 148 valence electrons. The Balaban J connectivity index is 2.13. The molecule has 0 aliphatic heterocycles. The van der Waals surface area contributed by atoms with Crippen molar-refractivity contribution in [2.75, 3.05) is 6.54 Å². The van der Waals surface area contributed by atoms with Crippen LogP contribution in [0.5, 0.6) is 0 Å². The van der Waals surface area contributed by atoms with Crippen LogP contribution < -0.4 is 10.9 Å². The number of nitrogens with zero attached hydrogens (tertiary/aromatic N) is 3. The van der Waals surface area contributed by atoms with Crippen molar-refractivity contribution in [3.05, 3.63) is 61.0 Å². The number of carbonyl (C=O) groups excluding carboxylic acids is 1. The first kappa shape index (κ1) is 21.9. The van der Waals surface area contributed by atoms with Gasteiger partial charge in [0.2, 0.25) is 5.91 Å². The second kappa shape index (κ2) is 9.72. The van der Waals surface area contributed by atoms with Gasteiger partial charge in [-0.2, -0.15) is 10.4 Å². The number of aryl methyl sites for hydroxylation is 1. The number of hydrogen-bond acceptors (Lipinski definition) is 4. The zero-order valence-electron chi connectivity index (χ0n) is 16.1. The van der Waals surface area contributed by atoms with E-state index in [9.17, 15) is 14.9 Å². The summed E-state index contributed by atoms with van der Waals surface area (Å²) in [6.45, 7) is 5.54. The molecule has 6 nitrogen and oxygen atoms in total. The molecule has 28 heavy (non-hydrogen) atoms. The molecule has 1 atom stereocenters. The lowest BCUT2D eigenvalue weighted by molar-refractivity contribution is -0.122. The summed E-state index contributed by atoms with van der Waals surface area (Å²) in [6.07, 6.45) is 1.76. The molecule has 0 spiro atoms. The molecule has 0 saturated heterocycles. The molecule has 0 aliphatic carbocycles. The van der Waals surface area contributed by atoms with Crippen molar-refractivity contribution in [2.24, 2.45) is 0 Å². The SMILES string of the molecule is CCCC(CNC(=O)Cn1nc(C)c(C)c(C#N)c1=O)c1ccc(Cl)cc1Cl. The van der Waals surface area contributed by atoms with Crippen LogP contribution in [0.3, 0.4) is 0 Å². The van der Waals surface area contributed by atoms with Crippen molar-refractivity contribution < 1.29 is 4.79 Å². The predicted octanol–water partition coefficient (Wildman–Crippen LogP) is 3.74. The minimum Gasteiger partial charge on any atom is -0.354 e. The van der Waals surface area contributed by atoms with Crippen LogP contribution in [0.25, 0.3) is 0 Å². The maximum Gasteiger partial charge on any atom is 0.285 e. The van der Waals surface area contributed by atoms with Crippen molar-refractivity contribution in [2.45, 2.75) is 46.1 Å². The van der Waals surface area contributed by atoms with Gasteiger partial charge in [0.1, 0.15) is 18.2 Å². The van der Waals surface area contributed by atoms with E-state index in [1.807, 2.05) is 12.1 Å². The number of hydrogen-bond donors (Lipinski definition) is 1. The minimum atomic E-state index is -0.563. The molecule has 0 fully saturated rings. The Kier molecular flexibility index (Phi) is 7.61. The minimum absolute atomic E-state index is 0.0112. The summed E-state index contributed by atoms with van der Waals surface area (Å²) in [7, 11) is 0. The molecule has 1 aromatic carbocycles. The monoisotopic (exact) mass is 420 g/mol. The lowest BCUT2D eigenvalue weighted by atomic mass is 9.94. The van der Waals surface area contributed by atoms with Crippen molar-refractivity contribution >= 4 is 29.1 Å². The number of nitrogens with one attached hydrogen (secondary N) is 1. The van der Waals surface area contributed by atoms with Crippen molar-refractivity contribution in [1.82, 2.24) is 15.1 Å². The van der Waals surface area contributed by atoms with Crippen molar-refractivity contribution in [3.8, 4) is 6.07 Å². The maximum atomic E-state index is 12.4. The Hall–Kier alpha value is -2.36. The molecule has 2 aromatic rings. The Labute approximate surface area is 174 Å². The van der Waals surface area contributed by atoms with Crippen LogP contribution >= 0.6 is 23.2 Å². The first-order chi connectivity index (χ1) is 13.3. The van der Waals surface area contributed by atoms with Crippen LogP contribution in [-0.2, 0) is 11.3 Å². The zero-order valence-corrected chi connectivity index (χ0v) is 17.6. The van der Waals surface area contributed by atoms with Crippen LogP contribution in [0.4, 0.5) is 0 Å². The molecule has 0 saturated carbocycles. The Bertz CT molecular complexity index is 979. The van der Waals surface area contributed by atoms with E-state index in [-0.39, 0.29) is 23.9 Å². The summed E-state index contributed by atoms with van der Waals surface area (Å²) in [5.74, 6) is -0.328. The highest BCUT2D eigenvalue weighted by atomic mass is 35.5. The van der Waals surface area contributed by atoms with Gasteiger partial charge in [-0.1, -0.05) is 42.6 Å². The number of halogens is 2. The second-order valence-corrected chi connectivity index (χ2v) is 7.46. The normalized spacial score (nSPS) is 11.7. The summed E-state index contributed by atoms with van der Waals surface area (Å²) in [4.78, 5) is 24.7. The highest BCUT2D eigenvalue weighted by molar-refractivity contribution is 6.35. The van der Waals surface area contributed by atoms with Gasteiger partial charge in [-0.25, -0.2) is 4.68 Å². The molecule has 1 heterocycles. The van der Waals surface area contributed by atoms with Crippen LogP contribution in [0.1, 0.15) is 48.1 Å². The van der Waals surface area contributed by atoms with E-state index in [0.717, 1.165) is 23.1 Å². The smallest absolute Gasteiger partial charge is 0.285 e. The Morgan fingerprint density at radius 2 is 2.07 bits per heavy atom. The summed E-state index contributed by atoms with van der Waals surface area (Å²) in [5, 5.41) is 17.3. The standard InChI is InChI=1S/C20H22Cl2N4O2/c1-4-5-14(16-7-6-15(21)8-18(16)22)10-24-19(27)11-26-20(28)17(9-23)12(2)13(3)25-26/h6-8,14H,4-5,10-11H2,1-3H3,(H,24,27). The third kappa shape index (κ3) is 5.12. The molecular weight excluding hydrogens is 399 g/mol. The molecule has 1 N–H and O–H groups in total. The Morgan fingerprint density at radius 3 is 2.68 bits per heavy atom. The topological polar surface area (TPSA) is 87.8 Å². The molecule has 1 unspecified atom stereocenters. The predicted molar refractivity (Wildman–Crippen MR) is 110 cm³/mol. The van der Waals surface area contributed by atoms with Gasteiger partial charge in [0.25, 0.3) is 5.56 Å². The first-order valence-electron chi connectivity index (χ1n) is 8.98. The van der Waals surface area contributed by atoms with Crippen LogP contribution in [-0.4, -0.2) is 22.2 Å². The molecule has 8 heteroatoms. The number of amides is 1. The number of rotatable bonds is 7. The van der Waals surface area contributed by atoms with Gasteiger partial charge in [-0.3, -0.25) is 9.59 Å². The van der Waals surface area contributed by atoms with E-state index in [0.29, 0.717) is 27.8 Å². The van der Waals surface area contributed by atoms with E-state index in [2.05, 4.69) is 17.3 Å². The lowest BCUT2D eigenvalue weighted by Crippen LogP contribution is -2.37. The van der Waals surface area contributed by atoms with Crippen molar-refractivity contribution in [3.63, 3.8) is 0 Å². The van der Waals surface area contributed by atoms with E-state index in [1.165, 1.54) is 0 Å². The molecule has 0 radical (unpaired) electrons. The number of carbonyl (C=O) groups is 1. The summed E-state index contributed by atoms with van der Waals surface area (Å²) < 4.78 is 1.03. The van der Waals surface area contributed by atoms with Crippen LogP contribution in [0.15, 0.2) is 23.0 Å². The van der Waals surface area contributed by atoms with Gasteiger partial charge in [0, 0.05) is 22.5 Å².